The Bertz CT molecular complexity index is 429. The van der Waals surface area contributed by atoms with E-state index < -0.39 is 10.9 Å². The van der Waals surface area contributed by atoms with E-state index in [0.29, 0.717) is 4.90 Å². The van der Waals surface area contributed by atoms with Gasteiger partial charge in [0, 0.05) is 17.0 Å². The molecule has 0 heterocycles. The molecule has 86 valence electrons. The third-order valence-electron chi connectivity index (χ3n) is 1.53. The highest BCUT2D eigenvalue weighted by Crippen LogP contribution is 2.37. The van der Waals surface area contributed by atoms with Gasteiger partial charge in [0.15, 0.2) is 0 Å². The van der Waals surface area contributed by atoms with Crippen molar-refractivity contribution in [3.8, 4) is 0 Å². The molecule has 0 radical (unpaired) electrons. The topological polar surface area (TPSA) is 80.4 Å². The van der Waals surface area contributed by atoms with E-state index in [9.17, 15) is 14.9 Å². The van der Waals surface area contributed by atoms with Crippen LogP contribution >= 0.6 is 35.0 Å². The maximum atomic E-state index is 10.5. The molecule has 0 unspecified atom stereocenters. The third kappa shape index (κ3) is 3.26. The van der Waals surface area contributed by atoms with Crippen LogP contribution in [0.3, 0.4) is 0 Å². The third-order valence-corrected chi connectivity index (χ3v) is 3.47. The first kappa shape index (κ1) is 13.1. The van der Waals surface area contributed by atoms with Crippen molar-refractivity contribution < 1.29 is 14.8 Å². The second kappa shape index (κ2) is 5.38. The number of halogens is 2. The first-order chi connectivity index (χ1) is 7.41. The molecule has 0 bridgehead atoms. The van der Waals surface area contributed by atoms with Crippen LogP contribution in [0.15, 0.2) is 17.0 Å². The fraction of sp³-hybridized carbons (Fsp3) is 0.125. The van der Waals surface area contributed by atoms with Crippen molar-refractivity contribution in [3.05, 3.63) is 32.3 Å². The van der Waals surface area contributed by atoms with Crippen LogP contribution in [0.5, 0.6) is 0 Å². The molecule has 0 aliphatic rings. The van der Waals surface area contributed by atoms with Gasteiger partial charge in [0.25, 0.3) is 5.69 Å². The van der Waals surface area contributed by atoms with Crippen molar-refractivity contribution >= 4 is 46.6 Å². The summed E-state index contributed by atoms with van der Waals surface area (Å²) in [6.07, 6.45) is 0. The Kier molecular flexibility index (Phi) is 4.40. The predicted molar refractivity (Wildman–Crippen MR) is 61.5 cm³/mol. The van der Waals surface area contributed by atoms with Gasteiger partial charge in [-0.3, -0.25) is 14.9 Å². The Morgan fingerprint density at radius 2 is 1.94 bits per heavy atom. The summed E-state index contributed by atoms with van der Waals surface area (Å²) in [6.45, 7) is 0. The quantitative estimate of drug-likeness (QED) is 0.521. The summed E-state index contributed by atoms with van der Waals surface area (Å²) in [7, 11) is 0. The van der Waals surface area contributed by atoms with Gasteiger partial charge >= 0.3 is 5.97 Å². The smallest absolute Gasteiger partial charge is 0.313 e. The molecule has 0 fully saturated rings. The van der Waals surface area contributed by atoms with E-state index in [1.807, 2.05) is 0 Å². The highest BCUT2D eigenvalue weighted by molar-refractivity contribution is 8.00. The van der Waals surface area contributed by atoms with Gasteiger partial charge in [-0.25, -0.2) is 0 Å². The van der Waals surface area contributed by atoms with Crippen molar-refractivity contribution in [2.24, 2.45) is 0 Å². The number of rotatable bonds is 4. The highest BCUT2D eigenvalue weighted by atomic mass is 35.5. The Balaban J connectivity index is 3.03. The monoisotopic (exact) mass is 281 g/mol. The lowest BCUT2D eigenvalue weighted by Gasteiger charge is -2.04. The number of nitro groups is 1. The van der Waals surface area contributed by atoms with Gasteiger partial charge < -0.3 is 5.11 Å². The number of aliphatic carboxylic acids is 1. The van der Waals surface area contributed by atoms with E-state index >= 15 is 0 Å². The molecular formula is C8H5Cl2NO4S. The second-order valence-electron chi connectivity index (χ2n) is 2.68. The fourth-order valence-electron chi connectivity index (χ4n) is 0.924. The van der Waals surface area contributed by atoms with E-state index in [1.54, 1.807) is 0 Å². The number of carboxylic acids is 1. The average Bonchev–Trinajstić information content (AvgIpc) is 2.15. The van der Waals surface area contributed by atoms with Crippen LogP contribution in [-0.4, -0.2) is 21.8 Å². The van der Waals surface area contributed by atoms with E-state index in [4.69, 9.17) is 28.3 Å². The number of hydrogen-bond acceptors (Lipinski definition) is 4. The Morgan fingerprint density at radius 1 is 1.44 bits per heavy atom. The van der Waals surface area contributed by atoms with Gasteiger partial charge in [-0.1, -0.05) is 23.2 Å². The Labute approximate surface area is 104 Å². The maximum absolute atomic E-state index is 10.5. The Hall–Kier alpha value is -0.980. The van der Waals surface area contributed by atoms with Crippen LogP contribution in [0, 0.1) is 10.1 Å². The lowest BCUT2D eigenvalue weighted by Crippen LogP contribution is -1.98. The zero-order chi connectivity index (χ0) is 12.3. The molecule has 1 aromatic rings. The zero-order valence-corrected chi connectivity index (χ0v) is 9.97. The van der Waals surface area contributed by atoms with E-state index in [-0.39, 0.29) is 21.5 Å². The zero-order valence-electron chi connectivity index (χ0n) is 7.65. The number of carboxylic acid groups (broad SMARTS) is 1. The summed E-state index contributed by atoms with van der Waals surface area (Å²) >= 11 is 12.4. The van der Waals surface area contributed by atoms with Crippen LogP contribution in [-0.2, 0) is 4.79 Å². The molecule has 0 aliphatic heterocycles. The van der Waals surface area contributed by atoms with Gasteiger partial charge in [-0.05, 0) is 0 Å². The standard InChI is InChI=1S/C8H5Cl2NO4S/c9-5-1-4(11(14)15)2-6(10)8(5)16-3-7(12)13/h1-2H,3H2,(H,12,13). The van der Waals surface area contributed by atoms with Crippen molar-refractivity contribution in [3.63, 3.8) is 0 Å². The van der Waals surface area contributed by atoms with Gasteiger partial charge in [0.05, 0.1) is 20.7 Å². The summed E-state index contributed by atoms with van der Waals surface area (Å²) < 4.78 is 0. The molecule has 0 amide bonds. The normalized spacial score (nSPS) is 10.1. The van der Waals surface area contributed by atoms with Crippen LogP contribution in [0.4, 0.5) is 5.69 Å². The Morgan fingerprint density at radius 3 is 2.31 bits per heavy atom. The molecule has 5 nitrogen and oxygen atoms in total. The number of nitrogens with zero attached hydrogens (tertiary/aromatic N) is 1. The molecule has 0 atom stereocenters. The number of thioether (sulfide) groups is 1. The minimum absolute atomic E-state index is 0.0745. The minimum atomic E-state index is -1.02. The lowest BCUT2D eigenvalue weighted by atomic mass is 10.3. The molecule has 0 spiro atoms. The molecule has 0 saturated carbocycles. The number of benzene rings is 1. The summed E-state index contributed by atoms with van der Waals surface area (Å²) in [5.41, 5.74) is -0.227. The summed E-state index contributed by atoms with van der Waals surface area (Å²) in [4.78, 5) is 20.5. The van der Waals surface area contributed by atoms with Gasteiger partial charge in [0.2, 0.25) is 0 Å². The molecule has 0 aromatic heterocycles. The second-order valence-corrected chi connectivity index (χ2v) is 4.48. The van der Waals surface area contributed by atoms with Crippen molar-refractivity contribution in [1.29, 1.82) is 0 Å². The molecule has 0 saturated heterocycles. The first-order valence-electron chi connectivity index (χ1n) is 3.90. The van der Waals surface area contributed by atoms with Crippen LogP contribution in [0.25, 0.3) is 0 Å². The van der Waals surface area contributed by atoms with Crippen LogP contribution in [0.2, 0.25) is 10.0 Å². The van der Waals surface area contributed by atoms with E-state index in [0.717, 1.165) is 23.9 Å². The minimum Gasteiger partial charge on any atom is -0.481 e. The number of nitro benzene ring substituents is 1. The van der Waals surface area contributed by atoms with Crippen molar-refractivity contribution in [2.75, 3.05) is 5.75 Å². The summed E-state index contributed by atoms with van der Waals surface area (Å²) in [5.74, 6) is -1.23. The lowest BCUT2D eigenvalue weighted by molar-refractivity contribution is -0.384. The molecule has 16 heavy (non-hydrogen) atoms. The highest BCUT2D eigenvalue weighted by Gasteiger charge is 2.15. The van der Waals surface area contributed by atoms with E-state index in [2.05, 4.69) is 0 Å². The molecule has 1 rings (SSSR count). The molecule has 8 heteroatoms. The fourth-order valence-corrected chi connectivity index (χ4v) is 2.39. The van der Waals surface area contributed by atoms with Gasteiger partial charge in [-0.15, -0.1) is 11.8 Å². The van der Waals surface area contributed by atoms with Crippen LogP contribution in [0.1, 0.15) is 0 Å². The number of carbonyl (C=O) groups is 1. The predicted octanol–water partition coefficient (Wildman–Crippen LogP) is 3.08. The van der Waals surface area contributed by atoms with Gasteiger partial charge in [-0.2, -0.15) is 0 Å². The molecule has 0 aliphatic carbocycles. The van der Waals surface area contributed by atoms with E-state index in [1.165, 1.54) is 0 Å². The number of hydrogen-bond donors (Lipinski definition) is 1. The van der Waals surface area contributed by atoms with Crippen molar-refractivity contribution in [1.82, 2.24) is 0 Å². The van der Waals surface area contributed by atoms with Crippen molar-refractivity contribution in [2.45, 2.75) is 4.90 Å². The van der Waals surface area contributed by atoms with Gasteiger partial charge in [0.1, 0.15) is 0 Å². The molecule has 1 aromatic carbocycles. The van der Waals surface area contributed by atoms with Crippen LogP contribution < -0.4 is 0 Å². The molecular weight excluding hydrogens is 277 g/mol. The average molecular weight is 282 g/mol. The molecule has 1 N–H and O–H groups in total. The first-order valence-corrected chi connectivity index (χ1v) is 5.64. The maximum Gasteiger partial charge on any atom is 0.313 e. The summed E-state index contributed by atoms with van der Waals surface area (Å²) in [6, 6.07) is 2.27. The SMILES string of the molecule is O=C(O)CSc1c(Cl)cc([N+](=O)[O-])cc1Cl. The summed E-state index contributed by atoms with van der Waals surface area (Å²) in [5, 5.41) is 19.1. The largest absolute Gasteiger partial charge is 0.481 e. The number of non-ortho nitro benzene ring substituents is 1.